The van der Waals surface area contributed by atoms with Gasteiger partial charge >= 0.3 is 0 Å². The first-order valence-electron chi connectivity index (χ1n) is 5.83. The lowest BCUT2D eigenvalue weighted by Crippen LogP contribution is -2.27. The maximum absolute atomic E-state index is 11.7. The van der Waals surface area contributed by atoms with Gasteiger partial charge in [-0.25, -0.2) is 0 Å². The van der Waals surface area contributed by atoms with Crippen molar-refractivity contribution in [2.75, 3.05) is 12.8 Å². The molecule has 2 N–H and O–H groups in total. The van der Waals surface area contributed by atoms with E-state index in [1.807, 2.05) is 35.9 Å². The maximum Gasteiger partial charge on any atom is 0.252 e. The molecule has 2 aromatic rings. The van der Waals surface area contributed by atoms with E-state index in [1.165, 1.54) is 11.3 Å². The van der Waals surface area contributed by atoms with Gasteiger partial charge in [0.1, 0.15) is 0 Å². The van der Waals surface area contributed by atoms with Gasteiger partial charge in [0.25, 0.3) is 5.91 Å². The van der Waals surface area contributed by atoms with E-state index in [2.05, 4.69) is 5.32 Å². The predicted molar refractivity (Wildman–Crippen MR) is 79.8 cm³/mol. The molecule has 0 saturated carbocycles. The number of amides is 1. The number of aliphatic hydroxyl groups is 1. The SMILES string of the molecule is CSc1ccc(C(O)CNC(=O)c2ccsc2)cc1. The normalized spacial score (nSPS) is 12.1. The Kier molecular flexibility index (Phi) is 5.01. The number of rotatable bonds is 5. The molecule has 0 bridgehead atoms. The number of thioether (sulfide) groups is 1. The first-order chi connectivity index (χ1) is 9.20. The minimum atomic E-state index is -0.682. The molecule has 1 amide bonds. The minimum Gasteiger partial charge on any atom is -0.387 e. The molecule has 100 valence electrons. The Hall–Kier alpha value is -1.30. The molecule has 1 atom stereocenters. The molecule has 0 spiro atoms. The van der Waals surface area contributed by atoms with Crippen molar-refractivity contribution in [2.45, 2.75) is 11.0 Å². The molecule has 3 nitrogen and oxygen atoms in total. The van der Waals surface area contributed by atoms with E-state index >= 15 is 0 Å². The summed E-state index contributed by atoms with van der Waals surface area (Å²) in [5.41, 5.74) is 1.44. The van der Waals surface area contributed by atoms with Crippen molar-refractivity contribution in [3.05, 3.63) is 52.2 Å². The summed E-state index contributed by atoms with van der Waals surface area (Å²) in [7, 11) is 0. The zero-order chi connectivity index (χ0) is 13.7. The van der Waals surface area contributed by atoms with Gasteiger partial charge in [-0.05, 0) is 35.4 Å². The Balaban J connectivity index is 1.90. The smallest absolute Gasteiger partial charge is 0.252 e. The van der Waals surface area contributed by atoms with Crippen LogP contribution >= 0.6 is 23.1 Å². The number of hydrogen-bond donors (Lipinski definition) is 2. The largest absolute Gasteiger partial charge is 0.387 e. The van der Waals surface area contributed by atoms with Gasteiger partial charge in [0.15, 0.2) is 0 Å². The fourth-order valence-electron chi connectivity index (χ4n) is 1.63. The van der Waals surface area contributed by atoms with Crippen LogP contribution in [0.1, 0.15) is 22.0 Å². The number of hydrogen-bond acceptors (Lipinski definition) is 4. The maximum atomic E-state index is 11.7. The van der Waals surface area contributed by atoms with Crippen LogP contribution in [-0.2, 0) is 0 Å². The van der Waals surface area contributed by atoms with Crippen LogP contribution in [-0.4, -0.2) is 23.8 Å². The fourth-order valence-corrected chi connectivity index (χ4v) is 2.67. The van der Waals surface area contributed by atoms with E-state index in [0.717, 1.165) is 10.5 Å². The van der Waals surface area contributed by atoms with Gasteiger partial charge in [0, 0.05) is 22.4 Å². The summed E-state index contributed by atoms with van der Waals surface area (Å²) in [5.74, 6) is -0.152. The first-order valence-corrected chi connectivity index (χ1v) is 8.00. The highest BCUT2D eigenvalue weighted by atomic mass is 32.2. The summed E-state index contributed by atoms with van der Waals surface area (Å²) in [6.07, 6.45) is 1.32. The van der Waals surface area contributed by atoms with E-state index in [1.54, 1.807) is 23.2 Å². The van der Waals surface area contributed by atoms with Crippen molar-refractivity contribution < 1.29 is 9.90 Å². The molecule has 5 heteroatoms. The van der Waals surface area contributed by atoms with Crippen LogP contribution in [0, 0.1) is 0 Å². The highest BCUT2D eigenvalue weighted by molar-refractivity contribution is 7.98. The van der Waals surface area contributed by atoms with Gasteiger partial charge in [-0.1, -0.05) is 12.1 Å². The van der Waals surface area contributed by atoms with Crippen molar-refractivity contribution in [3.8, 4) is 0 Å². The third-order valence-electron chi connectivity index (χ3n) is 2.74. The third-order valence-corrected chi connectivity index (χ3v) is 4.17. The Bertz CT molecular complexity index is 523. The molecule has 1 unspecified atom stereocenters. The number of aliphatic hydroxyl groups excluding tert-OH is 1. The second-order valence-corrected chi connectivity index (χ2v) is 5.67. The van der Waals surface area contributed by atoms with Crippen LogP contribution in [0.5, 0.6) is 0 Å². The van der Waals surface area contributed by atoms with E-state index in [4.69, 9.17) is 0 Å². The predicted octanol–water partition coefficient (Wildman–Crippen LogP) is 2.93. The molecule has 0 fully saturated rings. The second-order valence-electron chi connectivity index (χ2n) is 4.01. The molecule has 0 saturated heterocycles. The van der Waals surface area contributed by atoms with Crippen molar-refractivity contribution in [1.82, 2.24) is 5.32 Å². The van der Waals surface area contributed by atoms with Crippen molar-refractivity contribution in [2.24, 2.45) is 0 Å². The standard InChI is InChI=1S/C14H15NO2S2/c1-18-12-4-2-10(3-5-12)13(16)8-15-14(17)11-6-7-19-9-11/h2-7,9,13,16H,8H2,1H3,(H,15,17). The molecule has 0 aliphatic heterocycles. The quantitative estimate of drug-likeness (QED) is 0.833. The van der Waals surface area contributed by atoms with Gasteiger partial charge in [0.05, 0.1) is 6.10 Å². The zero-order valence-corrected chi connectivity index (χ0v) is 12.1. The van der Waals surface area contributed by atoms with Gasteiger partial charge in [0.2, 0.25) is 0 Å². The minimum absolute atomic E-state index is 0.152. The summed E-state index contributed by atoms with van der Waals surface area (Å²) in [5, 5.41) is 16.4. The lowest BCUT2D eigenvalue weighted by atomic mass is 10.1. The number of carbonyl (C=O) groups excluding carboxylic acids is 1. The fraction of sp³-hybridized carbons (Fsp3) is 0.214. The van der Waals surface area contributed by atoms with Crippen LogP contribution in [0.2, 0.25) is 0 Å². The molecular formula is C14H15NO2S2. The number of benzene rings is 1. The molecule has 0 aliphatic rings. The van der Waals surface area contributed by atoms with Crippen molar-refractivity contribution >= 4 is 29.0 Å². The Morgan fingerprint density at radius 2 is 2.11 bits per heavy atom. The lowest BCUT2D eigenvalue weighted by Gasteiger charge is -2.12. The Morgan fingerprint density at radius 1 is 1.37 bits per heavy atom. The highest BCUT2D eigenvalue weighted by Crippen LogP contribution is 2.18. The first kappa shape index (κ1) is 14.1. The molecular weight excluding hydrogens is 278 g/mol. The van der Waals surface area contributed by atoms with E-state index in [9.17, 15) is 9.90 Å². The van der Waals surface area contributed by atoms with Crippen LogP contribution in [0.25, 0.3) is 0 Å². The summed E-state index contributed by atoms with van der Waals surface area (Å²) >= 11 is 3.13. The average Bonchev–Trinajstić information content (AvgIpc) is 2.98. The van der Waals surface area contributed by atoms with E-state index in [0.29, 0.717) is 5.56 Å². The van der Waals surface area contributed by atoms with Crippen molar-refractivity contribution in [1.29, 1.82) is 0 Å². The molecule has 0 radical (unpaired) electrons. The molecule has 0 aliphatic carbocycles. The Labute approximate surface area is 120 Å². The van der Waals surface area contributed by atoms with Crippen LogP contribution < -0.4 is 5.32 Å². The average molecular weight is 293 g/mol. The summed E-state index contributed by atoms with van der Waals surface area (Å²) in [6, 6.07) is 9.45. The van der Waals surface area contributed by atoms with Crippen LogP contribution in [0.4, 0.5) is 0 Å². The van der Waals surface area contributed by atoms with E-state index < -0.39 is 6.10 Å². The zero-order valence-electron chi connectivity index (χ0n) is 10.5. The summed E-state index contributed by atoms with van der Waals surface area (Å²) in [6.45, 7) is 0.216. The highest BCUT2D eigenvalue weighted by Gasteiger charge is 2.10. The number of thiophene rings is 1. The lowest BCUT2D eigenvalue weighted by molar-refractivity contribution is 0.0917. The van der Waals surface area contributed by atoms with Crippen LogP contribution in [0.15, 0.2) is 46.0 Å². The van der Waals surface area contributed by atoms with Gasteiger partial charge in [-0.15, -0.1) is 11.8 Å². The summed E-state index contributed by atoms with van der Waals surface area (Å²) in [4.78, 5) is 12.9. The second kappa shape index (κ2) is 6.75. The third kappa shape index (κ3) is 3.83. The Morgan fingerprint density at radius 3 is 2.68 bits per heavy atom. The van der Waals surface area contributed by atoms with Gasteiger partial charge < -0.3 is 10.4 Å². The molecule has 19 heavy (non-hydrogen) atoms. The summed E-state index contributed by atoms with van der Waals surface area (Å²) < 4.78 is 0. The van der Waals surface area contributed by atoms with Crippen molar-refractivity contribution in [3.63, 3.8) is 0 Å². The molecule has 1 aromatic heterocycles. The topological polar surface area (TPSA) is 49.3 Å². The van der Waals surface area contributed by atoms with Gasteiger partial charge in [-0.2, -0.15) is 11.3 Å². The molecule has 1 heterocycles. The van der Waals surface area contributed by atoms with Crippen LogP contribution in [0.3, 0.4) is 0 Å². The van der Waals surface area contributed by atoms with E-state index in [-0.39, 0.29) is 12.5 Å². The molecule has 2 rings (SSSR count). The number of nitrogens with one attached hydrogen (secondary N) is 1. The number of carbonyl (C=O) groups is 1. The monoisotopic (exact) mass is 293 g/mol. The molecule has 1 aromatic carbocycles. The van der Waals surface area contributed by atoms with Gasteiger partial charge in [-0.3, -0.25) is 4.79 Å².